The molecule has 0 bridgehead atoms. The summed E-state index contributed by atoms with van der Waals surface area (Å²) in [6.45, 7) is 2.20. The van der Waals surface area contributed by atoms with E-state index in [1.54, 1.807) is 0 Å². The second-order valence-corrected chi connectivity index (χ2v) is 3.26. The van der Waals surface area contributed by atoms with Gasteiger partial charge in [0, 0.05) is 0 Å². The van der Waals surface area contributed by atoms with Gasteiger partial charge >= 0.3 is 0 Å². The summed E-state index contributed by atoms with van der Waals surface area (Å²) in [6.07, 6.45) is 4.92. The molecule has 0 aliphatic carbocycles. The third-order valence-corrected chi connectivity index (χ3v) is 2.33. The van der Waals surface area contributed by atoms with Crippen LogP contribution in [0.25, 0.3) is 0 Å². The molecule has 1 unspecified atom stereocenters. The molecule has 1 saturated heterocycles. The van der Waals surface area contributed by atoms with Crippen LogP contribution in [0.4, 0.5) is 0 Å². The molecule has 4 heteroatoms. The Hall–Kier alpha value is -0.495. The Morgan fingerprint density at radius 3 is 2.85 bits per heavy atom. The second kappa shape index (κ2) is 4.66. The quantitative estimate of drug-likeness (QED) is 0.455. The van der Waals surface area contributed by atoms with Crippen LogP contribution in [0.15, 0.2) is 0 Å². The fraction of sp³-hybridized carbons (Fsp3) is 0.778. The van der Waals surface area contributed by atoms with Crippen LogP contribution in [0.1, 0.15) is 13.3 Å². The highest BCUT2D eigenvalue weighted by Crippen LogP contribution is 2.23. The van der Waals surface area contributed by atoms with E-state index in [1.165, 1.54) is 0 Å². The van der Waals surface area contributed by atoms with E-state index in [2.05, 4.69) is 5.92 Å². The predicted molar refractivity (Wildman–Crippen MR) is 52.1 cm³/mol. The topological polar surface area (TPSA) is 38.7 Å². The van der Waals surface area contributed by atoms with Crippen LogP contribution in [0.3, 0.4) is 0 Å². The standard InChI is InChI=1S/C9H15BO3/c1-3-5-12-8-7(11)6(4-2)13-9(8)10/h1,6-9,11H,4-5,10H2,2H3/t6-,7?,8+,9-/m1/s1. The van der Waals surface area contributed by atoms with E-state index in [4.69, 9.17) is 15.9 Å². The molecule has 3 nitrogen and oxygen atoms in total. The summed E-state index contributed by atoms with van der Waals surface area (Å²) in [6, 6.07) is -0.0756. The number of aliphatic hydroxyl groups excluding tert-OH is 1. The molecule has 1 rings (SSSR count). The Bertz CT molecular complexity index is 202. The molecular weight excluding hydrogens is 167 g/mol. The van der Waals surface area contributed by atoms with Crippen LogP contribution in [-0.2, 0) is 9.47 Å². The van der Waals surface area contributed by atoms with Crippen molar-refractivity contribution in [1.29, 1.82) is 0 Å². The smallest absolute Gasteiger partial charge is 0.142 e. The molecule has 1 aliphatic rings. The fourth-order valence-corrected chi connectivity index (χ4v) is 1.64. The SMILES string of the molecule is B[C@@H]1O[C@H](CC)C(O)[C@@H]1OCC#C. The van der Waals surface area contributed by atoms with Crippen LogP contribution >= 0.6 is 0 Å². The minimum atomic E-state index is -0.548. The monoisotopic (exact) mass is 182 g/mol. The van der Waals surface area contributed by atoms with E-state index in [9.17, 15) is 5.11 Å². The molecule has 0 aromatic heterocycles. The highest BCUT2D eigenvalue weighted by molar-refractivity contribution is 6.11. The summed E-state index contributed by atoms with van der Waals surface area (Å²) in [5.74, 6) is 2.38. The molecule has 1 fully saturated rings. The van der Waals surface area contributed by atoms with Crippen molar-refractivity contribution < 1.29 is 14.6 Å². The first-order valence-electron chi connectivity index (χ1n) is 4.59. The molecule has 72 valence electrons. The average Bonchev–Trinajstić information content (AvgIpc) is 2.39. The lowest BCUT2D eigenvalue weighted by molar-refractivity contribution is -0.00872. The van der Waals surface area contributed by atoms with E-state index >= 15 is 0 Å². The predicted octanol–water partition coefficient (Wildman–Crippen LogP) is -0.866. The zero-order chi connectivity index (χ0) is 9.84. The third-order valence-electron chi connectivity index (χ3n) is 2.33. The number of aliphatic hydroxyl groups is 1. The van der Waals surface area contributed by atoms with Gasteiger partial charge in [-0.3, -0.25) is 0 Å². The Kier molecular flexibility index (Phi) is 3.79. The molecule has 0 aromatic rings. The van der Waals surface area contributed by atoms with Crippen molar-refractivity contribution in [1.82, 2.24) is 0 Å². The first-order valence-corrected chi connectivity index (χ1v) is 4.59. The van der Waals surface area contributed by atoms with Crippen LogP contribution in [0.5, 0.6) is 0 Å². The summed E-state index contributed by atoms with van der Waals surface area (Å²) >= 11 is 0. The lowest BCUT2D eigenvalue weighted by Crippen LogP contribution is -2.35. The van der Waals surface area contributed by atoms with Gasteiger partial charge in [0.2, 0.25) is 0 Å². The third kappa shape index (κ3) is 2.25. The second-order valence-electron chi connectivity index (χ2n) is 3.26. The van der Waals surface area contributed by atoms with Crippen LogP contribution in [-0.4, -0.2) is 43.9 Å². The Labute approximate surface area is 79.8 Å². The van der Waals surface area contributed by atoms with Gasteiger partial charge in [0.25, 0.3) is 0 Å². The Morgan fingerprint density at radius 1 is 1.69 bits per heavy atom. The van der Waals surface area contributed by atoms with Gasteiger partial charge < -0.3 is 14.6 Å². The number of hydrogen-bond acceptors (Lipinski definition) is 3. The van der Waals surface area contributed by atoms with Gasteiger partial charge in [-0.15, -0.1) is 6.42 Å². The van der Waals surface area contributed by atoms with Gasteiger partial charge in [-0.1, -0.05) is 12.8 Å². The van der Waals surface area contributed by atoms with E-state index < -0.39 is 6.10 Å². The van der Waals surface area contributed by atoms with Gasteiger partial charge in [-0.25, -0.2) is 0 Å². The van der Waals surface area contributed by atoms with Gasteiger partial charge in [0.05, 0.1) is 12.1 Å². The summed E-state index contributed by atoms with van der Waals surface area (Å²) in [4.78, 5) is 0. The largest absolute Gasteiger partial charge is 0.388 e. The molecule has 4 atom stereocenters. The summed E-state index contributed by atoms with van der Waals surface area (Å²) in [5, 5.41) is 9.73. The number of ether oxygens (including phenoxy) is 2. The minimum absolute atomic E-state index is 0.0756. The highest BCUT2D eigenvalue weighted by Gasteiger charge is 2.40. The molecular formula is C9H15BO3. The van der Waals surface area contributed by atoms with Crippen molar-refractivity contribution in [3.8, 4) is 12.3 Å². The lowest BCUT2D eigenvalue weighted by atomic mass is 9.92. The first kappa shape index (κ1) is 10.6. The van der Waals surface area contributed by atoms with Gasteiger partial charge in [-0.05, 0) is 6.42 Å². The molecule has 13 heavy (non-hydrogen) atoms. The van der Waals surface area contributed by atoms with E-state index in [0.29, 0.717) is 0 Å². The van der Waals surface area contributed by atoms with E-state index in [-0.39, 0.29) is 24.8 Å². The molecule has 1 aliphatic heterocycles. The first-order chi connectivity index (χ1) is 6.20. The number of terminal acetylenes is 1. The van der Waals surface area contributed by atoms with Crippen molar-refractivity contribution in [2.45, 2.75) is 37.7 Å². The number of hydrogen-bond donors (Lipinski definition) is 1. The molecule has 1 N–H and O–H groups in total. The van der Waals surface area contributed by atoms with Crippen LogP contribution < -0.4 is 0 Å². The molecule has 0 amide bonds. The summed E-state index contributed by atoms with van der Waals surface area (Å²) in [5.41, 5.74) is 0. The Morgan fingerprint density at radius 2 is 2.38 bits per heavy atom. The summed E-state index contributed by atoms with van der Waals surface area (Å²) < 4.78 is 10.8. The van der Waals surface area contributed by atoms with E-state index in [1.807, 2.05) is 14.8 Å². The van der Waals surface area contributed by atoms with Crippen molar-refractivity contribution in [2.75, 3.05) is 6.61 Å². The van der Waals surface area contributed by atoms with Gasteiger partial charge in [0.1, 0.15) is 26.7 Å². The van der Waals surface area contributed by atoms with Crippen molar-refractivity contribution in [3.63, 3.8) is 0 Å². The molecule has 0 radical (unpaired) electrons. The average molecular weight is 182 g/mol. The highest BCUT2D eigenvalue weighted by atomic mass is 16.6. The molecule has 1 heterocycles. The van der Waals surface area contributed by atoms with Crippen molar-refractivity contribution in [3.05, 3.63) is 0 Å². The van der Waals surface area contributed by atoms with Crippen molar-refractivity contribution >= 4 is 7.85 Å². The van der Waals surface area contributed by atoms with Gasteiger partial charge in [-0.2, -0.15) is 0 Å². The maximum absolute atomic E-state index is 9.73. The lowest BCUT2D eigenvalue weighted by Gasteiger charge is -2.17. The number of rotatable bonds is 3. The maximum atomic E-state index is 9.73. The van der Waals surface area contributed by atoms with Crippen LogP contribution in [0.2, 0.25) is 0 Å². The zero-order valence-electron chi connectivity index (χ0n) is 8.06. The Balaban J connectivity index is 2.49. The fourth-order valence-electron chi connectivity index (χ4n) is 1.64. The van der Waals surface area contributed by atoms with Gasteiger partial charge in [0.15, 0.2) is 0 Å². The normalized spacial score (nSPS) is 38.8. The maximum Gasteiger partial charge on any atom is 0.142 e. The van der Waals surface area contributed by atoms with Crippen LogP contribution in [0, 0.1) is 12.3 Å². The van der Waals surface area contributed by atoms with Crippen molar-refractivity contribution in [2.24, 2.45) is 0 Å². The molecule has 0 spiro atoms. The zero-order valence-corrected chi connectivity index (χ0v) is 8.06. The molecule has 0 saturated carbocycles. The summed E-state index contributed by atoms with van der Waals surface area (Å²) in [7, 11) is 1.89. The minimum Gasteiger partial charge on any atom is -0.388 e. The van der Waals surface area contributed by atoms with E-state index in [0.717, 1.165) is 6.42 Å². The molecule has 0 aromatic carbocycles.